The molecule has 0 aliphatic heterocycles. The molecule has 0 fully saturated rings. The number of carbonyl (C=O) groups is 1. The number of pyridine rings is 1. The van der Waals surface area contributed by atoms with Crippen molar-refractivity contribution < 1.29 is 14.3 Å². The third-order valence-corrected chi connectivity index (χ3v) is 4.24. The molecule has 0 aromatic carbocycles. The van der Waals surface area contributed by atoms with Crippen LogP contribution in [-0.2, 0) is 11.3 Å². The maximum atomic E-state index is 11.9. The van der Waals surface area contributed by atoms with Gasteiger partial charge in [-0.2, -0.15) is 9.97 Å². The number of rotatable bonds is 7. The number of fused-ring (bicyclic) bond motifs is 1. The molecule has 0 atom stereocenters. The smallest absolute Gasteiger partial charge is 0.356 e. The highest BCUT2D eigenvalue weighted by Crippen LogP contribution is 2.25. The summed E-state index contributed by atoms with van der Waals surface area (Å²) in [7, 11) is 0. The molecule has 0 aliphatic carbocycles. The Bertz CT molecular complexity index is 975. The van der Waals surface area contributed by atoms with E-state index in [-0.39, 0.29) is 17.5 Å². The van der Waals surface area contributed by atoms with Crippen LogP contribution in [0.1, 0.15) is 36.3 Å². The van der Waals surface area contributed by atoms with Crippen molar-refractivity contribution in [2.24, 2.45) is 0 Å². The van der Waals surface area contributed by atoms with Crippen LogP contribution in [0.25, 0.3) is 11.2 Å². The van der Waals surface area contributed by atoms with Crippen LogP contribution in [0.3, 0.4) is 0 Å². The van der Waals surface area contributed by atoms with E-state index in [1.807, 2.05) is 11.5 Å². The lowest BCUT2D eigenvalue weighted by Crippen LogP contribution is -2.09. The number of hydrogen-bond donors (Lipinski definition) is 1. The van der Waals surface area contributed by atoms with Crippen molar-refractivity contribution in [2.45, 2.75) is 26.8 Å². The van der Waals surface area contributed by atoms with Crippen molar-refractivity contribution in [3.63, 3.8) is 0 Å². The van der Waals surface area contributed by atoms with Gasteiger partial charge in [0.25, 0.3) is 0 Å². The molecule has 0 aliphatic rings. The van der Waals surface area contributed by atoms with Crippen LogP contribution in [0.4, 0.5) is 5.82 Å². The van der Waals surface area contributed by atoms with Gasteiger partial charge >= 0.3 is 12.0 Å². The van der Waals surface area contributed by atoms with Crippen LogP contribution in [0.5, 0.6) is 6.01 Å². The van der Waals surface area contributed by atoms with Crippen molar-refractivity contribution in [1.82, 2.24) is 24.5 Å². The Labute approximate surface area is 164 Å². The van der Waals surface area contributed by atoms with Gasteiger partial charge in [-0.3, -0.25) is 4.57 Å². The molecule has 0 saturated carbocycles. The Balaban J connectivity index is 1.97. The van der Waals surface area contributed by atoms with Gasteiger partial charge in [-0.1, -0.05) is 6.92 Å². The minimum atomic E-state index is -0.462. The SMILES string of the molecule is CCCOc1nc(N)c2nc(Br)n(Cc3ccnc(C(=O)OCC)c3)c2n1. The quantitative estimate of drug-likeness (QED) is 0.445. The van der Waals surface area contributed by atoms with Crippen LogP contribution in [-0.4, -0.2) is 43.7 Å². The molecule has 0 unspecified atom stereocenters. The van der Waals surface area contributed by atoms with Gasteiger partial charge in [-0.05, 0) is 47.0 Å². The lowest BCUT2D eigenvalue weighted by Gasteiger charge is -2.08. The average molecular weight is 435 g/mol. The standard InChI is InChI=1S/C17H19BrN6O3/c1-3-7-27-17-22-13(19)12-14(23-17)24(16(18)21-12)9-10-5-6-20-11(8-10)15(25)26-4-2/h5-6,8H,3-4,7,9H2,1-2H3,(H2,19,22,23). The van der Waals surface area contributed by atoms with Crippen LogP contribution in [0.15, 0.2) is 23.1 Å². The monoisotopic (exact) mass is 434 g/mol. The maximum Gasteiger partial charge on any atom is 0.356 e. The molecule has 0 spiro atoms. The number of esters is 1. The average Bonchev–Trinajstić information content (AvgIpc) is 2.97. The van der Waals surface area contributed by atoms with Crippen molar-refractivity contribution in [2.75, 3.05) is 18.9 Å². The maximum absolute atomic E-state index is 11.9. The number of imidazole rings is 1. The summed E-state index contributed by atoms with van der Waals surface area (Å²) in [4.78, 5) is 28.9. The van der Waals surface area contributed by atoms with Gasteiger partial charge in [0.05, 0.1) is 19.8 Å². The molecule has 0 radical (unpaired) electrons. The number of halogens is 1. The summed E-state index contributed by atoms with van der Waals surface area (Å²) >= 11 is 3.43. The second-order valence-electron chi connectivity index (χ2n) is 5.65. The molecule has 3 aromatic rings. The molecule has 3 rings (SSSR count). The van der Waals surface area contributed by atoms with E-state index in [0.717, 1.165) is 12.0 Å². The Morgan fingerprint density at radius 2 is 2.11 bits per heavy atom. The van der Waals surface area contributed by atoms with Gasteiger partial charge < -0.3 is 15.2 Å². The normalized spacial score (nSPS) is 10.9. The van der Waals surface area contributed by atoms with E-state index >= 15 is 0 Å². The molecular weight excluding hydrogens is 416 g/mol. The molecule has 0 saturated heterocycles. The fraction of sp³-hybridized carbons (Fsp3) is 0.353. The Morgan fingerprint density at radius 1 is 1.30 bits per heavy atom. The molecule has 3 aromatic heterocycles. The zero-order valence-corrected chi connectivity index (χ0v) is 16.6. The van der Waals surface area contributed by atoms with Gasteiger partial charge in [0.2, 0.25) is 0 Å². The number of aromatic nitrogens is 5. The number of nitrogens with zero attached hydrogens (tertiary/aromatic N) is 5. The first-order valence-corrected chi connectivity index (χ1v) is 9.26. The number of hydrogen-bond acceptors (Lipinski definition) is 8. The number of ether oxygens (including phenoxy) is 2. The first-order valence-electron chi connectivity index (χ1n) is 8.47. The minimum absolute atomic E-state index is 0.206. The molecule has 2 N–H and O–H groups in total. The minimum Gasteiger partial charge on any atom is -0.463 e. The van der Waals surface area contributed by atoms with Gasteiger partial charge in [-0.25, -0.2) is 14.8 Å². The van der Waals surface area contributed by atoms with Crippen LogP contribution in [0.2, 0.25) is 0 Å². The van der Waals surface area contributed by atoms with Crippen molar-refractivity contribution in [1.29, 1.82) is 0 Å². The second kappa shape index (κ2) is 8.30. The van der Waals surface area contributed by atoms with E-state index in [4.69, 9.17) is 15.2 Å². The number of nitrogens with two attached hydrogens (primary N) is 1. The first-order chi connectivity index (χ1) is 13.0. The summed E-state index contributed by atoms with van der Waals surface area (Å²) in [6.45, 7) is 4.93. The summed E-state index contributed by atoms with van der Waals surface area (Å²) in [5.74, 6) is -0.219. The summed E-state index contributed by atoms with van der Waals surface area (Å²) in [6, 6.07) is 3.69. The highest BCUT2D eigenvalue weighted by molar-refractivity contribution is 9.10. The topological polar surface area (TPSA) is 118 Å². The molecule has 9 nitrogen and oxygen atoms in total. The predicted octanol–water partition coefficient (Wildman–Crippen LogP) is 2.58. The summed E-state index contributed by atoms with van der Waals surface area (Å²) in [5, 5.41) is 0. The number of carbonyl (C=O) groups excluding carboxylic acids is 1. The number of anilines is 1. The Morgan fingerprint density at radius 3 is 2.85 bits per heavy atom. The fourth-order valence-electron chi connectivity index (χ4n) is 2.44. The Hall–Kier alpha value is -2.75. The van der Waals surface area contributed by atoms with Crippen molar-refractivity contribution in [3.05, 3.63) is 34.3 Å². The molecule has 0 bridgehead atoms. The molecule has 27 heavy (non-hydrogen) atoms. The van der Waals surface area contributed by atoms with E-state index in [9.17, 15) is 4.79 Å². The predicted molar refractivity (Wildman–Crippen MR) is 103 cm³/mol. The van der Waals surface area contributed by atoms with Crippen LogP contribution < -0.4 is 10.5 Å². The zero-order valence-electron chi connectivity index (χ0n) is 15.0. The lowest BCUT2D eigenvalue weighted by atomic mass is 10.2. The zero-order chi connectivity index (χ0) is 19.4. The second-order valence-corrected chi connectivity index (χ2v) is 6.36. The highest BCUT2D eigenvalue weighted by Gasteiger charge is 2.17. The Kier molecular flexibility index (Phi) is 5.84. The number of nitrogen functional groups attached to an aromatic ring is 1. The summed E-state index contributed by atoms with van der Waals surface area (Å²) < 4.78 is 12.9. The van der Waals surface area contributed by atoms with Gasteiger partial charge in [0.15, 0.2) is 21.7 Å². The van der Waals surface area contributed by atoms with Crippen molar-refractivity contribution >= 4 is 38.9 Å². The largest absolute Gasteiger partial charge is 0.463 e. The van der Waals surface area contributed by atoms with Crippen molar-refractivity contribution in [3.8, 4) is 6.01 Å². The van der Waals surface area contributed by atoms with Gasteiger partial charge in [0.1, 0.15) is 5.69 Å². The van der Waals surface area contributed by atoms with E-state index in [1.165, 1.54) is 0 Å². The first kappa shape index (κ1) is 19.0. The van der Waals surface area contributed by atoms with E-state index in [1.54, 1.807) is 25.3 Å². The van der Waals surface area contributed by atoms with Gasteiger partial charge in [0, 0.05) is 6.20 Å². The summed E-state index contributed by atoms with van der Waals surface area (Å²) in [6.07, 6.45) is 2.39. The third kappa shape index (κ3) is 4.16. The molecule has 10 heteroatoms. The molecule has 3 heterocycles. The molecule has 142 valence electrons. The lowest BCUT2D eigenvalue weighted by molar-refractivity contribution is 0.0519. The molecule has 0 amide bonds. The van der Waals surface area contributed by atoms with Gasteiger partial charge in [-0.15, -0.1) is 0 Å². The van der Waals surface area contributed by atoms with E-state index in [0.29, 0.717) is 35.7 Å². The highest BCUT2D eigenvalue weighted by atomic mass is 79.9. The third-order valence-electron chi connectivity index (χ3n) is 3.64. The van der Waals surface area contributed by atoms with Crippen LogP contribution >= 0.6 is 15.9 Å². The van der Waals surface area contributed by atoms with E-state index < -0.39 is 5.97 Å². The summed E-state index contributed by atoms with van der Waals surface area (Å²) in [5.41, 5.74) is 8.10. The fourth-order valence-corrected chi connectivity index (χ4v) is 2.92. The molecular formula is C17H19BrN6O3. The van der Waals surface area contributed by atoms with Crippen LogP contribution in [0, 0.1) is 0 Å². The van der Waals surface area contributed by atoms with E-state index in [2.05, 4.69) is 35.9 Å².